The highest BCUT2D eigenvalue weighted by Crippen LogP contribution is 2.50. The van der Waals surface area contributed by atoms with Crippen molar-refractivity contribution in [1.29, 1.82) is 0 Å². The highest BCUT2D eigenvalue weighted by atomic mass is 16.6. The molecule has 1 aliphatic carbocycles. The third kappa shape index (κ3) is 4.54. The van der Waals surface area contributed by atoms with Crippen LogP contribution >= 0.6 is 0 Å². The predicted octanol–water partition coefficient (Wildman–Crippen LogP) is 4.04. The maximum Gasteiger partial charge on any atom is 0.410 e. The van der Waals surface area contributed by atoms with Crippen LogP contribution in [0.15, 0.2) is 30.3 Å². The average molecular weight is 374 g/mol. The zero-order valence-corrected chi connectivity index (χ0v) is 16.7. The van der Waals surface area contributed by atoms with E-state index < -0.39 is 5.60 Å². The van der Waals surface area contributed by atoms with Crippen LogP contribution in [0.3, 0.4) is 0 Å². The molecule has 2 fully saturated rings. The lowest BCUT2D eigenvalue weighted by atomic mass is 9.60. The van der Waals surface area contributed by atoms with E-state index in [1.165, 1.54) is 0 Å². The molecule has 1 spiro atoms. The van der Waals surface area contributed by atoms with Crippen LogP contribution in [0.25, 0.3) is 0 Å². The van der Waals surface area contributed by atoms with Crippen LogP contribution in [0.1, 0.15) is 46.1 Å². The molecule has 6 nitrogen and oxygen atoms in total. The number of amides is 2. The van der Waals surface area contributed by atoms with Gasteiger partial charge in [0.25, 0.3) is 0 Å². The first-order valence-corrected chi connectivity index (χ1v) is 9.67. The van der Waals surface area contributed by atoms with Gasteiger partial charge in [-0.1, -0.05) is 30.3 Å². The lowest BCUT2D eigenvalue weighted by molar-refractivity contribution is -0.0996. The van der Waals surface area contributed by atoms with Gasteiger partial charge in [-0.3, -0.25) is 0 Å². The van der Waals surface area contributed by atoms with Crippen LogP contribution in [0.4, 0.5) is 9.59 Å². The number of hydrogen-bond donors (Lipinski definition) is 0. The molecule has 0 atom stereocenters. The monoisotopic (exact) mass is 374 g/mol. The summed E-state index contributed by atoms with van der Waals surface area (Å²) in [6.45, 7) is 9.98. The Balaban J connectivity index is 1.42. The first kappa shape index (κ1) is 19.5. The number of rotatable bonds is 4. The molecular formula is C21H30N2O4. The van der Waals surface area contributed by atoms with Crippen molar-refractivity contribution in [3.8, 4) is 0 Å². The van der Waals surface area contributed by atoms with Gasteiger partial charge in [0, 0.05) is 31.1 Å². The third-order valence-corrected chi connectivity index (χ3v) is 5.26. The molecule has 6 heteroatoms. The van der Waals surface area contributed by atoms with E-state index in [1.807, 2.05) is 62.9 Å². The second kappa shape index (κ2) is 7.41. The van der Waals surface area contributed by atoms with Gasteiger partial charge in [0.2, 0.25) is 0 Å². The number of benzene rings is 1. The fourth-order valence-electron chi connectivity index (χ4n) is 3.98. The summed E-state index contributed by atoms with van der Waals surface area (Å²) >= 11 is 0. The summed E-state index contributed by atoms with van der Waals surface area (Å²) in [5, 5.41) is 0. The van der Waals surface area contributed by atoms with Gasteiger partial charge in [0.05, 0.1) is 0 Å². The van der Waals surface area contributed by atoms with E-state index >= 15 is 0 Å². The number of ether oxygens (including phenoxy) is 2. The fourth-order valence-corrected chi connectivity index (χ4v) is 3.98. The Kier molecular flexibility index (Phi) is 5.36. The van der Waals surface area contributed by atoms with Crippen molar-refractivity contribution >= 4 is 12.2 Å². The summed E-state index contributed by atoms with van der Waals surface area (Å²) in [5.74, 6) is 0. The Hall–Kier alpha value is -2.24. The summed E-state index contributed by atoms with van der Waals surface area (Å²) in [7, 11) is 0. The first-order valence-electron chi connectivity index (χ1n) is 9.67. The number of carbonyl (C=O) groups excluding carboxylic acids is 2. The molecular weight excluding hydrogens is 344 g/mol. The Morgan fingerprint density at radius 1 is 1.19 bits per heavy atom. The molecule has 0 radical (unpaired) electrons. The highest BCUT2D eigenvalue weighted by Gasteiger charge is 2.56. The van der Waals surface area contributed by atoms with Crippen LogP contribution in [-0.4, -0.2) is 53.3 Å². The molecule has 2 aliphatic rings. The van der Waals surface area contributed by atoms with E-state index in [-0.39, 0.29) is 23.6 Å². The number of nitrogens with zero attached hydrogens (tertiary/aromatic N) is 2. The summed E-state index contributed by atoms with van der Waals surface area (Å²) in [4.78, 5) is 28.1. The minimum Gasteiger partial charge on any atom is -0.445 e. The molecule has 1 aliphatic heterocycles. The van der Waals surface area contributed by atoms with E-state index in [0.717, 1.165) is 18.4 Å². The summed E-state index contributed by atoms with van der Waals surface area (Å²) in [5.41, 5.74) is 0.647. The minimum absolute atomic E-state index is 0.145. The van der Waals surface area contributed by atoms with E-state index in [4.69, 9.17) is 9.47 Å². The highest BCUT2D eigenvalue weighted by molar-refractivity contribution is 5.70. The van der Waals surface area contributed by atoms with E-state index in [0.29, 0.717) is 26.2 Å². The molecule has 1 heterocycles. The van der Waals surface area contributed by atoms with E-state index in [9.17, 15) is 9.59 Å². The summed E-state index contributed by atoms with van der Waals surface area (Å²) in [6, 6.07) is 9.89. The van der Waals surface area contributed by atoms with Crippen LogP contribution in [0.2, 0.25) is 0 Å². The van der Waals surface area contributed by atoms with Crippen molar-refractivity contribution < 1.29 is 19.1 Å². The van der Waals surface area contributed by atoms with Crippen molar-refractivity contribution in [3.05, 3.63) is 35.9 Å². The third-order valence-electron chi connectivity index (χ3n) is 5.26. The van der Waals surface area contributed by atoms with Gasteiger partial charge < -0.3 is 19.3 Å². The van der Waals surface area contributed by atoms with Gasteiger partial charge in [0.1, 0.15) is 12.2 Å². The lowest BCUT2D eigenvalue weighted by Crippen LogP contribution is -2.68. The normalized spacial score (nSPS) is 18.4. The van der Waals surface area contributed by atoms with Gasteiger partial charge in [-0.05, 0) is 46.1 Å². The molecule has 148 valence electrons. The molecule has 0 unspecified atom stereocenters. The predicted molar refractivity (Wildman–Crippen MR) is 102 cm³/mol. The topological polar surface area (TPSA) is 59.1 Å². The number of hydrogen-bond acceptors (Lipinski definition) is 4. The molecule has 1 aromatic carbocycles. The zero-order chi connectivity index (χ0) is 19.7. The van der Waals surface area contributed by atoms with Crippen LogP contribution in [0.5, 0.6) is 0 Å². The smallest absolute Gasteiger partial charge is 0.410 e. The Morgan fingerprint density at radius 2 is 1.81 bits per heavy atom. The molecule has 3 rings (SSSR count). The molecule has 1 aromatic rings. The van der Waals surface area contributed by atoms with Crippen molar-refractivity contribution in [3.63, 3.8) is 0 Å². The number of likely N-dealkylation sites (tertiary alicyclic amines) is 1. The fraction of sp³-hybridized carbons (Fsp3) is 0.619. The van der Waals surface area contributed by atoms with E-state index in [1.54, 1.807) is 4.90 Å². The Bertz CT molecular complexity index is 669. The van der Waals surface area contributed by atoms with Crippen LogP contribution < -0.4 is 0 Å². The Morgan fingerprint density at radius 3 is 2.37 bits per heavy atom. The average Bonchev–Trinajstić information content (AvgIpc) is 2.52. The lowest BCUT2D eigenvalue weighted by Gasteiger charge is -2.60. The van der Waals surface area contributed by atoms with Gasteiger partial charge in [-0.25, -0.2) is 9.59 Å². The van der Waals surface area contributed by atoms with Crippen molar-refractivity contribution in [2.45, 2.75) is 58.8 Å². The Labute approximate surface area is 161 Å². The van der Waals surface area contributed by atoms with Crippen LogP contribution in [0, 0.1) is 5.41 Å². The molecule has 1 saturated carbocycles. The van der Waals surface area contributed by atoms with Gasteiger partial charge in [0.15, 0.2) is 0 Å². The minimum atomic E-state index is -0.484. The van der Waals surface area contributed by atoms with Crippen molar-refractivity contribution in [2.75, 3.05) is 19.6 Å². The quantitative estimate of drug-likeness (QED) is 0.798. The molecule has 2 amide bonds. The molecule has 0 bridgehead atoms. The standard InChI is InChI=1S/C21H30N2O4/c1-5-23(19(25)27-20(2,3)4)17-11-21(12-17)14-22(15-21)18(24)26-13-16-9-7-6-8-10-16/h6-10,17H,5,11-15H2,1-4H3. The summed E-state index contributed by atoms with van der Waals surface area (Å²) < 4.78 is 10.9. The molecule has 1 saturated heterocycles. The molecule has 0 N–H and O–H groups in total. The second-order valence-electron chi connectivity index (χ2n) is 8.72. The maximum atomic E-state index is 12.4. The van der Waals surface area contributed by atoms with Gasteiger partial charge in [-0.2, -0.15) is 0 Å². The largest absolute Gasteiger partial charge is 0.445 e. The molecule has 0 aromatic heterocycles. The molecule has 27 heavy (non-hydrogen) atoms. The first-order chi connectivity index (χ1) is 12.7. The maximum absolute atomic E-state index is 12.4. The second-order valence-corrected chi connectivity index (χ2v) is 8.72. The van der Waals surface area contributed by atoms with Crippen molar-refractivity contribution in [2.24, 2.45) is 5.41 Å². The van der Waals surface area contributed by atoms with Gasteiger partial charge >= 0.3 is 12.2 Å². The van der Waals surface area contributed by atoms with Gasteiger partial charge in [-0.15, -0.1) is 0 Å². The SMILES string of the molecule is CCN(C(=O)OC(C)(C)C)C1CC2(C1)CN(C(=O)OCc1ccccc1)C2. The van der Waals surface area contributed by atoms with Crippen molar-refractivity contribution in [1.82, 2.24) is 9.80 Å². The van der Waals surface area contributed by atoms with Crippen LogP contribution in [-0.2, 0) is 16.1 Å². The zero-order valence-electron chi connectivity index (χ0n) is 16.7. The number of carbonyl (C=O) groups is 2. The summed E-state index contributed by atoms with van der Waals surface area (Å²) in [6.07, 6.45) is 1.33. The van der Waals surface area contributed by atoms with E-state index in [2.05, 4.69) is 0 Å².